The van der Waals surface area contributed by atoms with Gasteiger partial charge in [0.25, 0.3) is 0 Å². The van der Waals surface area contributed by atoms with Crippen LogP contribution in [0.25, 0.3) is 0 Å². The van der Waals surface area contributed by atoms with Gasteiger partial charge in [-0.15, -0.1) is 0 Å². The van der Waals surface area contributed by atoms with Crippen molar-refractivity contribution in [2.45, 2.75) is 32.7 Å². The minimum absolute atomic E-state index is 0.0521. The van der Waals surface area contributed by atoms with E-state index in [1.54, 1.807) is 0 Å². The number of aryl methyl sites for hydroxylation is 2. The summed E-state index contributed by atoms with van der Waals surface area (Å²) in [4.78, 5) is 11.8. The van der Waals surface area contributed by atoms with Crippen molar-refractivity contribution in [3.8, 4) is 5.75 Å². The number of carbonyl (C=O) groups is 1. The van der Waals surface area contributed by atoms with Crippen LogP contribution in [-0.2, 0) is 14.6 Å². The van der Waals surface area contributed by atoms with Crippen LogP contribution in [0.15, 0.2) is 18.2 Å². The number of sulfone groups is 1. The number of nitrogens with one attached hydrogen (secondary N) is 1. The third-order valence-electron chi connectivity index (χ3n) is 3.58. The molecule has 6 heteroatoms. The summed E-state index contributed by atoms with van der Waals surface area (Å²) in [6, 6.07) is 5.64. The van der Waals surface area contributed by atoms with Crippen molar-refractivity contribution in [2.75, 3.05) is 18.1 Å². The normalized spacial score (nSPS) is 20.2. The van der Waals surface area contributed by atoms with E-state index < -0.39 is 9.84 Å². The first-order valence-corrected chi connectivity index (χ1v) is 8.88. The first-order chi connectivity index (χ1) is 9.87. The molecule has 1 saturated heterocycles. The fourth-order valence-electron chi connectivity index (χ4n) is 2.48. The van der Waals surface area contributed by atoms with Gasteiger partial charge < -0.3 is 10.1 Å². The molecule has 0 aromatic heterocycles. The van der Waals surface area contributed by atoms with Crippen molar-refractivity contribution in [1.82, 2.24) is 5.32 Å². The summed E-state index contributed by atoms with van der Waals surface area (Å²) in [7, 11) is -2.96. The van der Waals surface area contributed by atoms with Gasteiger partial charge in [0.1, 0.15) is 5.75 Å². The van der Waals surface area contributed by atoms with E-state index in [1.807, 2.05) is 32.0 Å². The maximum Gasteiger partial charge on any atom is 0.223 e. The second kappa shape index (κ2) is 6.47. The van der Waals surface area contributed by atoms with Gasteiger partial charge in [0, 0.05) is 6.04 Å². The molecule has 1 aromatic carbocycles. The summed E-state index contributed by atoms with van der Waals surface area (Å²) < 4.78 is 28.3. The second-order valence-electron chi connectivity index (χ2n) is 5.49. The first kappa shape index (κ1) is 15.8. The van der Waals surface area contributed by atoms with Gasteiger partial charge in [-0.3, -0.25) is 4.79 Å². The molecule has 1 atom stereocenters. The summed E-state index contributed by atoms with van der Waals surface area (Å²) in [6.45, 7) is 4.22. The molecule has 1 fully saturated rings. The van der Waals surface area contributed by atoms with Crippen LogP contribution in [0.4, 0.5) is 0 Å². The highest BCUT2D eigenvalue weighted by molar-refractivity contribution is 7.91. The Morgan fingerprint density at radius 3 is 2.57 bits per heavy atom. The van der Waals surface area contributed by atoms with Crippen molar-refractivity contribution < 1.29 is 17.9 Å². The van der Waals surface area contributed by atoms with Gasteiger partial charge in [0.2, 0.25) is 5.91 Å². The average Bonchev–Trinajstić information content (AvgIpc) is 2.72. The molecule has 1 amide bonds. The molecule has 0 unspecified atom stereocenters. The van der Waals surface area contributed by atoms with E-state index in [-0.39, 0.29) is 36.5 Å². The van der Waals surface area contributed by atoms with Crippen molar-refractivity contribution in [3.63, 3.8) is 0 Å². The third kappa shape index (κ3) is 4.46. The number of carbonyl (C=O) groups excluding carboxylic acids is 1. The number of ether oxygens (including phenoxy) is 1. The lowest BCUT2D eigenvalue weighted by Gasteiger charge is -2.13. The summed E-state index contributed by atoms with van der Waals surface area (Å²) in [5.74, 6) is 0.866. The molecule has 0 spiro atoms. The smallest absolute Gasteiger partial charge is 0.223 e. The molecule has 1 aliphatic rings. The Balaban J connectivity index is 1.77. The molecular formula is C15H21NO4S. The van der Waals surface area contributed by atoms with Gasteiger partial charge >= 0.3 is 0 Å². The molecule has 21 heavy (non-hydrogen) atoms. The quantitative estimate of drug-likeness (QED) is 0.891. The summed E-state index contributed by atoms with van der Waals surface area (Å²) in [5.41, 5.74) is 2.08. The molecule has 1 heterocycles. The minimum Gasteiger partial charge on any atom is -0.493 e. The molecule has 2 rings (SSSR count). The predicted octanol–water partition coefficient (Wildman–Crippen LogP) is 1.38. The Labute approximate surface area is 125 Å². The van der Waals surface area contributed by atoms with Crippen LogP contribution in [0.2, 0.25) is 0 Å². The number of hydrogen-bond acceptors (Lipinski definition) is 4. The van der Waals surface area contributed by atoms with Crippen LogP contribution in [-0.4, -0.2) is 38.5 Å². The summed E-state index contributed by atoms with van der Waals surface area (Å²) >= 11 is 0. The molecule has 1 N–H and O–H groups in total. The number of amides is 1. The summed E-state index contributed by atoms with van der Waals surface area (Å²) in [5, 5.41) is 2.75. The van der Waals surface area contributed by atoms with E-state index in [2.05, 4.69) is 5.32 Å². The lowest BCUT2D eigenvalue weighted by Crippen LogP contribution is -2.36. The second-order valence-corrected chi connectivity index (χ2v) is 7.72. The zero-order valence-electron chi connectivity index (χ0n) is 12.4. The maximum atomic E-state index is 11.8. The van der Waals surface area contributed by atoms with Gasteiger partial charge in [0.15, 0.2) is 9.84 Å². The molecule has 0 saturated carbocycles. The van der Waals surface area contributed by atoms with E-state index in [1.165, 1.54) is 0 Å². The first-order valence-electron chi connectivity index (χ1n) is 7.06. The zero-order valence-corrected chi connectivity index (χ0v) is 13.2. The fraction of sp³-hybridized carbons (Fsp3) is 0.533. The van der Waals surface area contributed by atoms with E-state index in [9.17, 15) is 13.2 Å². The van der Waals surface area contributed by atoms with E-state index >= 15 is 0 Å². The van der Waals surface area contributed by atoms with E-state index in [0.717, 1.165) is 16.9 Å². The van der Waals surface area contributed by atoms with Crippen molar-refractivity contribution in [1.29, 1.82) is 0 Å². The van der Waals surface area contributed by atoms with Crippen molar-refractivity contribution in [3.05, 3.63) is 29.3 Å². The van der Waals surface area contributed by atoms with Gasteiger partial charge in [0.05, 0.1) is 24.5 Å². The van der Waals surface area contributed by atoms with E-state index in [4.69, 9.17) is 4.74 Å². The van der Waals surface area contributed by atoms with Crippen LogP contribution in [0.3, 0.4) is 0 Å². The number of para-hydroxylation sites is 1. The van der Waals surface area contributed by atoms with Crippen LogP contribution in [0.1, 0.15) is 24.0 Å². The highest BCUT2D eigenvalue weighted by atomic mass is 32.2. The van der Waals surface area contributed by atoms with Crippen LogP contribution < -0.4 is 10.1 Å². The Morgan fingerprint density at radius 2 is 2.00 bits per heavy atom. The fourth-order valence-corrected chi connectivity index (χ4v) is 4.15. The molecule has 0 bridgehead atoms. The lowest BCUT2D eigenvalue weighted by molar-refractivity contribution is -0.122. The SMILES string of the molecule is Cc1cccc(C)c1OCCC(=O)N[C@H]1CCS(=O)(=O)C1. The molecule has 1 aliphatic heterocycles. The highest BCUT2D eigenvalue weighted by Crippen LogP contribution is 2.22. The van der Waals surface area contributed by atoms with Gasteiger partial charge in [-0.2, -0.15) is 0 Å². The average molecular weight is 311 g/mol. The molecular weight excluding hydrogens is 290 g/mol. The molecule has 0 aliphatic carbocycles. The highest BCUT2D eigenvalue weighted by Gasteiger charge is 2.28. The monoisotopic (exact) mass is 311 g/mol. The van der Waals surface area contributed by atoms with E-state index in [0.29, 0.717) is 6.42 Å². The lowest BCUT2D eigenvalue weighted by atomic mass is 10.1. The van der Waals surface area contributed by atoms with Crippen LogP contribution >= 0.6 is 0 Å². The van der Waals surface area contributed by atoms with Crippen LogP contribution in [0, 0.1) is 13.8 Å². The minimum atomic E-state index is -2.96. The molecule has 116 valence electrons. The Kier molecular flexibility index (Phi) is 4.88. The van der Waals surface area contributed by atoms with Gasteiger partial charge in [-0.25, -0.2) is 8.42 Å². The zero-order chi connectivity index (χ0) is 15.5. The van der Waals surface area contributed by atoms with Crippen molar-refractivity contribution in [2.24, 2.45) is 0 Å². The molecule has 1 aromatic rings. The third-order valence-corrected chi connectivity index (χ3v) is 5.35. The van der Waals surface area contributed by atoms with Gasteiger partial charge in [-0.05, 0) is 31.4 Å². The summed E-state index contributed by atoms with van der Waals surface area (Å²) in [6.07, 6.45) is 0.732. The molecule has 5 nitrogen and oxygen atoms in total. The predicted molar refractivity (Wildman–Crippen MR) is 81.2 cm³/mol. The number of benzene rings is 1. The Hall–Kier alpha value is -1.56. The Morgan fingerprint density at radius 1 is 1.33 bits per heavy atom. The number of rotatable bonds is 5. The molecule has 0 radical (unpaired) electrons. The topological polar surface area (TPSA) is 72.5 Å². The van der Waals surface area contributed by atoms with Crippen molar-refractivity contribution >= 4 is 15.7 Å². The van der Waals surface area contributed by atoms with Gasteiger partial charge in [-0.1, -0.05) is 18.2 Å². The Bertz CT molecular complexity index is 604. The van der Waals surface area contributed by atoms with Crippen LogP contribution in [0.5, 0.6) is 5.75 Å². The number of hydrogen-bond donors (Lipinski definition) is 1. The largest absolute Gasteiger partial charge is 0.493 e. The standard InChI is InChI=1S/C15H21NO4S/c1-11-4-3-5-12(2)15(11)20-8-6-14(17)16-13-7-9-21(18,19)10-13/h3-5,13H,6-10H2,1-2H3,(H,16,17)/t13-/m0/s1. The maximum absolute atomic E-state index is 11.8.